The fourth-order valence-corrected chi connectivity index (χ4v) is 4.04. The van der Waals surface area contributed by atoms with Crippen molar-refractivity contribution in [3.8, 4) is 11.1 Å². The molecular weight excluding hydrogens is 416 g/mol. The summed E-state index contributed by atoms with van der Waals surface area (Å²) in [7, 11) is 0. The lowest BCUT2D eigenvalue weighted by atomic mass is 9.98. The van der Waals surface area contributed by atoms with Crippen LogP contribution in [0.5, 0.6) is 0 Å². The Bertz CT molecular complexity index is 979. The Kier molecular flexibility index (Phi) is 6.38. The molecule has 2 aromatic rings. The van der Waals surface area contributed by atoms with E-state index in [-0.39, 0.29) is 19.1 Å². The topological polar surface area (TPSA) is 123 Å². The van der Waals surface area contributed by atoms with Crippen LogP contribution in [0.25, 0.3) is 11.1 Å². The molecule has 32 heavy (non-hydrogen) atoms. The molecule has 9 heteroatoms. The molecule has 1 aliphatic carbocycles. The second-order valence-electron chi connectivity index (χ2n) is 7.72. The largest absolute Gasteiger partial charge is 0.479 e. The molecule has 3 atom stereocenters. The van der Waals surface area contributed by atoms with Crippen LogP contribution in [0.15, 0.2) is 48.5 Å². The van der Waals surface area contributed by atoms with E-state index in [1.54, 1.807) is 0 Å². The van der Waals surface area contributed by atoms with Crippen LogP contribution >= 0.6 is 0 Å². The number of aliphatic carboxylic acids is 1. The van der Waals surface area contributed by atoms with E-state index >= 15 is 0 Å². The quantitative estimate of drug-likeness (QED) is 0.564. The highest BCUT2D eigenvalue weighted by Crippen LogP contribution is 2.44. The smallest absolute Gasteiger partial charge is 0.407 e. The molecule has 1 heterocycles. The summed E-state index contributed by atoms with van der Waals surface area (Å²) in [6.07, 6.45) is -2.46. The fourth-order valence-electron chi connectivity index (χ4n) is 4.04. The number of hydrogen-bond acceptors (Lipinski definition) is 6. The van der Waals surface area contributed by atoms with Gasteiger partial charge in [0, 0.05) is 12.5 Å². The molecule has 2 aromatic carbocycles. The highest BCUT2D eigenvalue weighted by molar-refractivity contribution is 5.82. The number of carboxylic acid groups (broad SMARTS) is 1. The van der Waals surface area contributed by atoms with Crippen LogP contribution < -0.4 is 10.8 Å². The van der Waals surface area contributed by atoms with Gasteiger partial charge in [0.25, 0.3) is 5.91 Å². The maximum absolute atomic E-state index is 12.5. The van der Waals surface area contributed by atoms with E-state index in [0.29, 0.717) is 6.42 Å². The van der Waals surface area contributed by atoms with E-state index in [1.165, 1.54) is 6.92 Å². The van der Waals surface area contributed by atoms with Gasteiger partial charge < -0.3 is 19.9 Å². The van der Waals surface area contributed by atoms with Gasteiger partial charge in [-0.05, 0) is 35.6 Å². The summed E-state index contributed by atoms with van der Waals surface area (Å²) >= 11 is 0. The molecule has 168 valence electrons. The molecule has 1 saturated heterocycles. The monoisotopic (exact) mass is 440 g/mol. The number of benzene rings is 2. The van der Waals surface area contributed by atoms with E-state index in [2.05, 4.69) is 22.9 Å². The van der Waals surface area contributed by atoms with Crippen LogP contribution in [0, 0.1) is 0 Å². The van der Waals surface area contributed by atoms with Crippen LogP contribution in [0.3, 0.4) is 0 Å². The zero-order valence-corrected chi connectivity index (χ0v) is 17.4. The molecule has 0 aromatic heterocycles. The summed E-state index contributed by atoms with van der Waals surface area (Å²) in [5, 5.41) is 11.5. The SMILES string of the molecule is CC(ONC(=O)C1OCCC1NC(=O)OCC1c2ccccc2-c2ccccc21)C(=O)O. The maximum atomic E-state index is 12.5. The van der Waals surface area contributed by atoms with E-state index in [4.69, 9.17) is 19.4 Å². The van der Waals surface area contributed by atoms with Gasteiger partial charge >= 0.3 is 12.1 Å². The van der Waals surface area contributed by atoms with E-state index < -0.39 is 36.2 Å². The Morgan fingerprint density at radius 2 is 1.72 bits per heavy atom. The third kappa shape index (κ3) is 4.44. The number of carbonyl (C=O) groups excluding carboxylic acids is 2. The fraction of sp³-hybridized carbons (Fsp3) is 0.348. The van der Waals surface area contributed by atoms with Gasteiger partial charge in [-0.15, -0.1) is 0 Å². The minimum atomic E-state index is -1.22. The van der Waals surface area contributed by atoms with Crippen molar-refractivity contribution in [3.63, 3.8) is 0 Å². The Balaban J connectivity index is 1.34. The molecule has 1 aliphatic heterocycles. The highest BCUT2D eigenvalue weighted by atomic mass is 16.7. The summed E-state index contributed by atoms with van der Waals surface area (Å²) < 4.78 is 10.9. The van der Waals surface area contributed by atoms with Crippen LogP contribution in [-0.4, -0.2) is 54.5 Å². The second-order valence-corrected chi connectivity index (χ2v) is 7.72. The summed E-state index contributed by atoms with van der Waals surface area (Å²) in [4.78, 5) is 40.3. The van der Waals surface area contributed by atoms with Crippen LogP contribution in [0.2, 0.25) is 0 Å². The van der Waals surface area contributed by atoms with Gasteiger partial charge in [0.2, 0.25) is 0 Å². The molecule has 0 bridgehead atoms. The number of hydroxylamine groups is 1. The zero-order chi connectivity index (χ0) is 22.7. The molecule has 4 rings (SSSR count). The number of fused-ring (bicyclic) bond motifs is 3. The van der Waals surface area contributed by atoms with Gasteiger partial charge in [-0.3, -0.25) is 9.63 Å². The van der Waals surface area contributed by atoms with E-state index in [1.807, 2.05) is 36.4 Å². The van der Waals surface area contributed by atoms with E-state index in [9.17, 15) is 14.4 Å². The Morgan fingerprint density at radius 3 is 2.34 bits per heavy atom. The maximum Gasteiger partial charge on any atom is 0.407 e. The summed E-state index contributed by atoms with van der Waals surface area (Å²) in [5.41, 5.74) is 6.55. The van der Waals surface area contributed by atoms with Crippen LogP contribution in [-0.2, 0) is 23.9 Å². The average Bonchev–Trinajstić information content (AvgIpc) is 3.38. The van der Waals surface area contributed by atoms with Gasteiger partial charge in [-0.25, -0.2) is 15.1 Å². The van der Waals surface area contributed by atoms with Crippen LogP contribution in [0.1, 0.15) is 30.4 Å². The Labute approximate surface area is 184 Å². The lowest BCUT2D eigenvalue weighted by Gasteiger charge is -2.20. The summed E-state index contributed by atoms with van der Waals surface area (Å²) in [6, 6.07) is 15.5. The molecule has 0 radical (unpaired) electrons. The lowest BCUT2D eigenvalue weighted by Crippen LogP contribution is -2.49. The van der Waals surface area contributed by atoms with Crippen molar-refractivity contribution in [2.75, 3.05) is 13.2 Å². The Hall–Kier alpha value is -3.43. The van der Waals surface area contributed by atoms with Crippen molar-refractivity contribution in [2.24, 2.45) is 0 Å². The predicted octanol–water partition coefficient (Wildman–Crippen LogP) is 2.20. The van der Waals surface area contributed by atoms with Gasteiger partial charge in [0.15, 0.2) is 12.2 Å². The molecule has 0 saturated carbocycles. The molecule has 2 aliphatic rings. The molecular formula is C23H24N2O7. The highest BCUT2D eigenvalue weighted by Gasteiger charge is 2.37. The third-order valence-electron chi connectivity index (χ3n) is 5.68. The number of ether oxygens (including phenoxy) is 2. The normalized spacial score (nSPS) is 20.2. The zero-order valence-electron chi connectivity index (χ0n) is 17.4. The molecule has 3 unspecified atom stereocenters. The van der Waals surface area contributed by atoms with Gasteiger partial charge in [0.1, 0.15) is 6.61 Å². The van der Waals surface area contributed by atoms with Crippen LogP contribution in [0.4, 0.5) is 4.79 Å². The first-order valence-corrected chi connectivity index (χ1v) is 10.4. The van der Waals surface area contributed by atoms with Crippen molar-refractivity contribution in [1.82, 2.24) is 10.8 Å². The number of alkyl carbamates (subject to hydrolysis) is 1. The number of amides is 2. The first kappa shape index (κ1) is 21.8. The van der Waals surface area contributed by atoms with Crippen molar-refractivity contribution in [3.05, 3.63) is 59.7 Å². The van der Waals surface area contributed by atoms with Gasteiger partial charge in [-0.2, -0.15) is 0 Å². The standard InChI is InChI=1S/C23H24N2O7/c1-13(22(27)28)32-25-21(26)20-19(10-11-30-20)24-23(29)31-12-18-16-8-4-2-6-14(16)15-7-3-5-9-17(15)18/h2-9,13,18-20H,10-12H2,1H3,(H,24,29)(H,25,26)(H,27,28). The minimum absolute atomic E-state index is 0.0713. The van der Waals surface area contributed by atoms with Crippen molar-refractivity contribution in [2.45, 2.75) is 37.5 Å². The second kappa shape index (κ2) is 9.37. The molecule has 3 N–H and O–H groups in total. The summed E-state index contributed by atoms with van der Waals surface area (Å²) in [5.74, 6) is -1.96. The Morgan fingerprint density at radius 1 is 1.09 bits per heavy atom. The van der Waals surface area contributed by atoms with Crippen molar-refractivity contribution >= 4 is 18.0 Å². The average molecular weight is 440 g/mol. The third-order valence-corrected chi connectivity index (χ3v) is 5.68. The molecule has 1 fully saturated rings. The lowest BCUT2D eigenvalue weighted by molar-refractivity contribution is -0.162. The first-order chi connectivity index (χ1) is 15.5. The number of rotatable bonds is 7. The number of nitrogens with one attached hydrogen (secondary N) is 2. The number of hydrogen-bond donors (Lipinski definition) is 3. The van der Waals surface area contributed by atoms with Crippen molar-refractivity contribution < 1.29 is 33.8 Å². The minimum Gasteiger partial charge on any atom is -0.479 e. The van der Waals surface area contributed by atoms with Gasteiger partial charge in [-0.1, -0.05) is 48.5 Å². The number of carboxylic acids is 1. The molecule has 9 nitrogen and oxygen atoms in total. The van der Waals surface area contributed by atoms with Gasteiger partial charge in [0.05, 0.1) is 6.04 Å². The first-order valence-electron chi connectivity index (χ1n) is 10.4. The van der Waals surface area contributed by atoms with E-state index in [0.717, 1.165) is 22.3 Å². The molecule has 0 spiro atoms. The summed E-state index contributed by atoms with van der Waals surface area (Å²) in [6.45, 7) is 1.70. The van der Waals surface area contributed by atoms with Crippen molar-refractivity contribution in [1.29, 1.82) is 0 Å². The predicted molar refractivity (Wildman–Crippen MR) is 113 cm³/mol. The molecule has 2 amide bonds. The number of carbonyl (C=O) groups is 3.